The van der Waals surface area contributed by atoms with Crippen LogP contribution < -0.4 is 0 Å². The molecule has 0 radical (unpaired) electrons. The van der Waals surface area contributed by atoms with Crippen molar-refractivity contribution in [1.29, 1.82) is 21.0 Å². The normalized spacial score (nSPS) is 15.5. The lowest BCUT2D eigenvalue weighted by atomic mass is 9.89. The molecule has 0 amide bonds. The van der Waals surface area contributed by atoms with Crippen molar-refractivity contribution in [3.63, 3.8) is 0 Å². The Labute approximate surface area is 290 Å². The molecule has 0 aromatic heterocycles. The fourth-order valence-electron chi connectivity index (χ4n) is 6.97. The third-order valence-electron chi connectivity index (χ3n) is 9.16. The number of nitriles is 4. The average Bonchev–Trinajstić information content (AvgIpc) is 3.58. The second-order valence-electron chi connectivity index (χ2n) is 12.1. The van der Waals surface area contributed by atoms with Crippen molar-refractivity contribution < 1.29 is 35.1 Å². The number of nitrogens with zero attached hydrogens (tertiary/aromatic N) is 4. The lowest BCUT2D eigenvalue weighted by Crippen LogP contribution is -2.16. The van der Waals surface area contributed by atoms with Gasteiger partial charge in [-0.2, -0.15) is 47.4 Å². The lowest BCUT2D eigenvalue weighted by molar-refractivity contribution is -0.137. The molecule has 0 heterocycles. The van der Waals surface area contributed by atoms with E-state index in [1.165, 1.54) is 24.3 Å². The molecule has 0 fully saturated rings. The first-order valence-electron chi connectivity index (χ1n) is 15.3. The van der Waals surface area contributed by atoms with Crippen LogP contribution in [0, 0.1) is 51.1 Å². The topological polar surface area (TPSA) is 95.2 Å². The molecule has 52 heavy (non-hydrogen) atoms. The van der Waals surface area contributed by atoms with Crippen molar-refractivity contribution in [2.24, 2.45) is 0 Å². The summed E-state index contributed by atoms with van der Waals surface area (Å²) in [5.41, 5.74) is 0.829. The number of hydrogen-bond donors (Lipinski definition) is 0. The van der Waals surface area contributed by atoms with E-state index in [0.717, 1.165) is 18.2 Å². The highest BCUT2D eigenvalue weighted by molar-refractivity contribution is 6.11. The Morgan fingerprint density at radius 1 is 0.558 bits per heavy atom. The molecule has 1 unspecified atom stereocenters. The predicted molar refractivity (Wildman–Crippen MR) is 174 cm³/mol. The first kappa shape index (κ1) is 33.7. The van der Waals surface area contributed by atoms with Crippen molar-refractivity contribution in [3.8, 4) is 57.7 Å². The summed E-state index contributed by atoms with van der Waals surface area (Å²) in [7, 11) is 0. The summed E-state index contributed by atoms with van der Waals surface area (Å²) < 4.78 is 110. The molecule has 0 saturated carbocycles. The predicted octanol–water partition coefficient (Wildman–Crippen LogP) is 10.8. The molecular weight excluding hydrogens is 688 g/mol. The van der Waals surface area contributed by atoms with E-state index < -0.39 is 35.5 Å². The quantitative estimate of drug-likeness (QED) is 0.132. The van der Waals surface area contributed by atoms with E-state index in [1.54, 1.807) is 24.3 Å². The van der Waals surface area contributed by atoms with Gasteiger partial charge in [0.05, 0.1) is 11.1 Å². The molecule has 4 aromatic rings. The van der Waals surface area contributed by atoms with Crippen molar-refractivity contribution in [1.82, 2.24) is 0 Å². The molecule has 12 heteroatoms. The summed E-state index contributed by atoms with van der Waals surface area (Å²) in [6.07, 6.45) is -10.5. The minimum atomic E-state index is -4.83. The van der Waals surface area contributed by atoms with Crippen LogP contribution >= 0.6 is 0 Å². The van der Waals surface area contributed by atoms with Crippen LogP contribution in [0.4, 0.5) is 35.1 Å². The van der Waals surface area contributed by atoms with Crippen LogP contribution in [-0.2, 0) is 6.18 Å². The molecule has 0 bridgehead atoms. The van der Waals surface area contributed by atoms with Crippen molar-refractivity contribution in [2.75, 3.05) is 0 Å². The zero-order chi connectivity index (χ0) is 37.3. The molecule has 0 spiro atoms. The van der Waals surface area contributed by atoms with Crippen molar-refractivity contribution in [2.45, 2.75) is 24.9 Å². The zero-order valence-electron chi connectivity index (χ0n) is 26.1. The van der Waals surface area contributed by atoms with Gasteiger partial charge in [-0.05, 0) is 121 Å². The standard InChI is InChI=1S/C40H16F8N4/c41-27-7-21(5-25(11-27)39(43,44)45)19-1-3-29-31-13-32-30-4-2-20(22-6-26(40(46,47)48)12-28(42)8-22)10-34(30)38(24(17-51)18-52)36(32)14-35(31)37(33(29)9-19)23(15-49)16-50/h1-7,9-14,28H,8H2. The van der Waals surface area contributed by atoms with Crippen LogP contribution in [-0.4, -0.2) is 12.3 Å². The number of alkyl halides is 7. The summed E-state index contributed by atoms with van der Waals surface area (Å²) in [4.78, 5) is 0. The van der Waals surface area contributed by atoms with E-state index in [4.69, 9.17) is 0 Å². The van der Waals surface area contributed by atoms with E-state index in [1.807, 2.05) is 24.3 Å². The third-order valence-corrected chi connectivity index (χ3v) is 9.16. The van der Waals surface area contributed by atoms with Crippen LogP contribution in [0.1, 0.15) is 39.8 Å². The molecule has 0 N–H and O–H groups in total. The molecule has 0 aliphatic heterocycles. The van der Waals surface area contributed by atoms with Crippen LogP contribution in [0.25, 0.3) is 50.1 Å². The Bertz CT molecular complexity index is 2560. The fourth-order valence-corrected chi connectivity index (χ4v) is 6.97. The van der Waals surface area contributed by atoms with Crippen LogP contribution in [0.2, 0.25) is 0 Å². The van der Waals surface area contributed by atoms with Gasteiger partial charge < -0.3 is 0 Å². The maximum absolute atomic E-state index is 14.5. The van der Waals surface area contributed by atoms with Crippen LogP contribution in [0.15, 0.2) is 95.6 Å². The first-order chi connectivity index (χ1) is 24.7. The second kappa shape index (κ2) is 11.9. The largest absolute Gasteiger partial charge is 0.416 e. The number of benzene rings is 4. The highest BCUT2D eigenvalue weighted by atomic mass is 19.4. The molecule has 0 saturated heterocycles. The van der Waals surface area contributed by atoms with E-state index in [-0.39, 0.29) is 51.0 Å². The number of halogens is 8. The van der Waals surface area contributed by atoms with Gasteiger partial charge in [0, 0.05) is 17.6 Å². The summed E-state index contributed by atoms with van der Waals surface area (Å²) in [6.45, 7) is 0. The molecule has 252 valence electrons. The van der Waals surface area contributed by atoms with Crippen molar-refractivity contribution >= 4 is 16.7 Å². The fraction of sp³-hybridized carbons (Fsp3) is 0.100. The molecule has 4 aromatic carbocycles. The van der Waals surface area contributed by atoms with Gasteiger partial charge in [0.25, 0.3) is 0 Å². The second-order valence-corrected chi connectivity index (χ2v) is 12.1. The maximum Gasteiger partial charge on any atom is 0.416 e. The third kappa shape index (κ3) is 5.43. The Morgan fingerprint density at radius 3 is 1.58 bits per heavy atom. The molecule has 3 aliphatic carbocycles. The molecular formula is C40H16F8N4. The molecule has 7 rings (SSSR count). The number of rotatable bonds is 2. The Morgan fingerprint density at radius 2 is 1.06 bits per heavy atom. The summed E-state index contributed by atoms with van der Waals surface area (Å²) in [6, 6.07) is 21.8. The zero-order valence-corrected chi connectivity index (χ0v) is 26.1. The Hall–Kier alpha value is -6.76. The van der Waals surface area contributed by atoms with Gasteiger partial charge in [0.1, 0.15) is 47.4 Å². The summed E-state index contributed by atoms with van der Waals surface area (Å²) in [5.74, 6) is -1.12. The monoisotopic (exact) mass is 704 g/mol. The lowest BCUT2D eigenvalue weighted by Gasteiger charge is -2.19. The van der Waals surface area contributed by atoms with Gasteiger partial charge in [-0.1, -0.05) is 24.3 Å². The number of fused-ring (bicyclic) bond motifs is 6. The molecule has 1 atom stereocenters. The highest BCUT2D eigenvalue weighted by Gasteiger charge is 2.37. The smallest absolute Gasteiger partial charge is 0.243 e. The van der Waals surface area contributed by atoms with Crippen molar-refractivity contribution in [3.05, 3.63) is 135 Å². The van der Waals surface area contributed by atoms with Crippen LogP contribution in [0.3, 0.4) is 0 Å². The summed E-state index contributed by atoms with van der Waals surface area (Å²) in [5, 5.41) is 39.9. The van der Waals surface area contributed by atoms with Gasteiger partial charge in [0.15, 0.2) is 0 Å². The van der Waals surface area contributed by atoms with Gasteiger partial charge in [-0.3, -0.25) is 0 Å². The van der Waals surface area contributed by atoms with E-state index in [9.17, 15) is 56.2 Å². The SMILES string of the molecule is N#CC(C#N)=C1c2cc(C3=CC(C(F)(F)F)=CC(F)C3)ccc2-c2cc3c(cc21)C(=C(C#N)C#N)c1cc(-c2cc(F)cc(C(F)(F)F)c2)ccc1-3. The van der Waals surface area contributed by atoms with E-state index in [0.29, 0.717) is 56.6 Å². The average molecular weight is 705 g/mol. The van der Waals surface area contributed by atoms with Gasteiger partial charge in [0.2, 0.25) is 0 Å². The minimum Gasteiger partial charge on any atom is -0.243 e. The Kier molecular flexibility index (Phi) is 7.74. The van der Waals surface area contributed by atoms with Gasteiger partial charge in [-0.15, -0.1) is 0 Å². The molecule has 4 nitrogen and oxygen atoms in total. The van der Waals surface area contributed by atoms with E-state index >= 15 is 0 Å². The first-order valence-corrected chi connectivity index (χ1v) is 15.3. The van der Waals surface area contributed by atoms with Gasteiger partial charge >= 0.3 is 12.4 Å². The van der Waals surface area contributed by atoms with E-state index in [2.05, 4.69) is 0 Å². The van der Waals surface area contributed by atoms with Gasteiger partial charge in [-0.25, -0.2) is 8.78 Å². The van der Waals surface area contributed by atoms with Crippen LogP contribution in [0.5, 0.6) is 0 Å². The number of hydrogen-bond acceptors (Lipinski definition) is 4. The number of allylic oxidation sites excluding steroid dienone is 6. The molecule has 3 aliphatic rings. The minimum absolute atomic E-state index is 0.0571. The maximum atomic E-state index is 14.5. The Balaban J connectivity index is 1.44. The summed E-state index contributed by atoms with van der Waals surface area (Å²) >= 11 is 0. The highest BCUT2D eigenvalue weighted by Crippen LogP contribution is 2.54.